The van der Waals surface area contributed by atoms with Gasteiger partial charge in [0.25, 0.3) is 5.91 Å². The lowest BCUT2D eigenvalue weighted by Gasteiger charge is -2.49. The third kappa shape index (κ3) is 6.70. The van der Waals surface area contributed by atoms with Gasteiger partial charge in [-0.3, -0.25) is 18.7 Å². The number of nitrogens with one attached hydrogen (secondary N) is 3. The van der Waals surface area contributed by atoms with Crippen molar-refractivity contribution in [2.24, 2.45) is 0 Å². The molecule has 3 aromatic rings. The summed E-state index contributed by atoms with van der Waals surface area (Å²) in [5.74, 6) is -1.52. The summed E-state index contributed by atoms with van der Waals surface area (Å²) in [4.78, 5) is 57.4. The van der Waals surface area contributed by atoms with Gasteiger partial charge >= 0.3 is 12.1 Å². The second-order valence-corrected chi connectivity index (χ2v) is 14.1. The number of hydrogen-bond acceptors (Lipinski definition) is 8. The average Bonchev–Trinajstić information content (AvgIpc) is 3.57. The van der Waals surface area contributed by atoms with Gasteiger partial charge in [-0.05, 0) is 67.6 Å². The molecule has 3 N–H and O–H groups in total. The quantitative estimate of drug-likeness (QED) is 0.259. The van der Waals surface area contributed by atoms with Crippen LogP contribution in [0.4, 0.5) is 4.79 Å². The fourth-order valence-corrected chi connectivity index (χ4v) is 7.78. The van der Waals surface area contributed by atoms with Gasteiger partial charge in [0.15, 0.2) is 6.10 Å². The first-order valence-corrected chi connectivity index (χ1v) is 16.8. The minimum Gasteiger partial charge on any atom is -0.448 e. The van der Waals surface area contributed by atoms with Gasteiger partial charge in [0, 0.05) is 24.4 Å². The van der Waals surface area contributed by atoms with E-state index in [0.717, 1.165) is 16.7 Å². The van der Waals surface area contributed by atoms with Crippen LogP contribution in [0.1, 0.15) is 50.0 Å². The summed E-state index contributed by atoms with van der Waals surface area (Å²) >= 11 is 0. The standard InChI is InChI=1S/C35H36N4O7S/c1-35(2,3)46-34(43)38-28-31(41)39-29(33(42)45-30(21-10-6-4-7-11-21)22-12-8-5-9-13-22)25(20-47(44)32(28)39)27(24-14-16-36-19-24)23-15-17-37-26(40)18-23/h4-13,15,17-18,28,30,32,36H,14,16,19-20H2,1-3H3,(H,37,40)(H,38,43)/b27-24+/t28-,32-,47-/m1/s1. The highest BCUT2D eigenvalue weighted by molar-refractivity contribution is 7.86. The Morgan fingerprint density at radius 3 is 2.23 bits per heavy atom. The summed E-state index contributed by atoms with van der Waals surface area (Å²) < 4.78 is 25.6. The van der Waals surface area contributed by atoms with E-state index in [-0.39, 0.29) is 17.0 Å². The number of amides is 2. The SMILES string of the molecule is CC(C)(C)OC(=O)N[C@@H]1C(=O)N2C(C(=O)OC(c3ccccc3)c3ccccc3)=C(/C(=C3\CCNC3)c3cc[nH]c(=O)c3)C[S@@](=O)[C@H]12. The molecule has 0 unspecified atom stereocenters. The molecule has 3 aliphatic heterocycles. The number of fused-ring (bicyclic) bond motifs is 1. The minimum absolute atomic E-state index is 0.0617. The summed E-state index contributed by atoms with van der Waals surface area (Å²) in [7, 11) is -1.74. The van der Waals surface area contributed by atoms with Crippen molar-refractivity contribution in [2.75, 3.05) is 18.8 Å². The number of esters is 1. The van der Waals surface area contributed by atoms with Crippen molar-refractivity contribution in [1.29, 1.82) is 0 Å². The molecule has 0 bridgehead atoms. The molecule has 4 heterocycles. The number of ether oxygens (including phenoxy) is 2. The third-order valence-corrected chi connectivity index (χ3v) is 9.68. The van der Waals surface area contributed by atoms with Crippen LogP contribution in [0.5, 0.6) is 0 Å². The average molecular weight is 657 g/mol. The Labute approximate surface area is 274 Å². The lowest BCUT2D eigenvalue weighted by Crippen LogP contribution is -2.73. The first-order chi connectivity index (χ1) is 22.5. The van der Waals surface area contributed by atoms with Crippen LogP contribution in [-0.4, -0.2) is 67.9 Å². The van der Waals surface area contributed by atoms with Gasteiger partial charge in [0.2, 0.25) is 5.56 Å². The summed E-state index contributed by atoms with van der Waals surface area (Å²) in [5, 5.41) is 4.82. The van der Waals surface area contributed by atoms with E-state index < -0.39 is 51.9 Å². The Morgan fingerprint density at radius 1 is 1.00 bits per heavy atom. The smallest absolute Gasteiger partial charge is 0.408 e. The monoisotopic (exact) mass is 656 g/mol. The Bertz CT molecular complexity index is 1800. The van der Waals surface area contributed by atoms with Crippen molar-refractivity contribution in [3.8, 4) is 0 Å². The van der Waals surface area contributed by atoms with E-state index in [1.807, 2.05) is 60.7 Å². The van der Waals surface area contributed by atoms with Gasteiger partial charge in [-0.15, -0.1) is 0 Å². The van der Waals surface area contributed by atoms with Crippen LogP contribution in [0.3, 0.4) is 0 Å². The lowest BCUT2D eigenvalue weighted by atomic mass is 9.90. The molecule has 2 aromatic carbocycles. The van der Waals surface area contributed by atoms with E-state index in [1.165, 1.54) is 17.2 Å². The predicted molar refractivity (Wildman–Crippen MR) is 176 cm³/mol. The minimum atomic E-state index is -1.74. The number of alkyl carbamates (subject to hydrolysis) is 1. The molecule has 47 heavy (non-hydrogen) atoms. The van der Waals surface area contributed by atoms with E-state index in [1.54, 1.807) is 26.8 Å². The van der Waals surface area contributed by atoms with Gasteiger partial charge in [-0.2, -0.15) is 0 Å². The zero-order valence-corrected chi connectivity index (χ0v) is 27.1. The summed E-state index contributed by atoms with van der Waals surface area (Å²) in [5.41, 5.74) is 2.57. The summed E-state index contributed by atoms with van der Waals surface area (Å²) in [6.07, 6.45) is 0.485. The largest absolute Gasteiger partial charge is 0.448 e. The number of aromatic amines is 1. The molecule has 0 aliphatic carbocycles. The van der Waals surface area contributed by atoms with Gasteiger partial charge in [-0.1, -0.05) is 60.7 Å². The third-order valence-electron chi connectivity index (χ3n) is 8.08. The number of carbonyl (C=O) groups is 3. The van der Waals surface area contributed by atoms with Crippen LogP contribution < -0.4 is 16.2 Å². The fraction of sp³-hybridized carbons (Fsp3) is 0.314. The first-order valence-electron chi connectivity index (χ1n) is 15.4. The molecule has 2 fully saturated rings. The molecule has 3 atom stereocenters. The van der Waals surface area contributed by atoms with Gasteiger partial charge < -0.3 is 25.1 Å². The van der Waals surface area contributed by atoms with E-state index in [0.29, 0.717) is 36.2 Å². The molecule has 3 aliphatic rings. The molecule has 6 rings (SSSR count). The maximum atomic E-state index is 14.6. The van der Waals surface area contributed by atoms with Crippen molar-refractivity contribution in [1.82, 2.24) is 20.5 Å². The number of H-pyrrole nitrogens is 1. The highest BCUT2D eigenvalue weighted by atomic mass is 32.2. The maximum Gasteiger partial charge on any atom is 0.408 e. The molecule has 11 nitrogen and oxygen atoms in total. The number of β-lactam (4-membered cyclic amide) rings is 1. The number of hydrogen-bond donors (Lipinski definition) is 3. The van der Waals surface area contributed by atoms with Crippen molar-refractivity contribution >= 4 is 34.3 Å². The zero-order chi connectivity index (χ0) is 33.3. The highest BCUT2D eigenvalue weighted by Gasteiger charge is 2.58. The van der Waals surface area contributed by atoms with E-state index in [4.69, 9.17) is 9.47 Å². The maximum absolute atomic E-state index is 14.6. The van der Waals surface area contributed by atoms with E-state index in [9.17, 15) is 23.4 Å². The molecule has 2 saturated heterocycles. The molecular weight excluding hydrogens is 620 g/mol. The van der Waals surface area contributed by atoms with Crippen molar-refractivity contribution in [2.45, 2.75) is 50.3 Å². The molecule has 0 spiro atoms. The molecule has 244 valence electrons. The van der Waals surface area contributed by atoms with Crippen LogP contribution in [-0.2, 0) is 29.9 Å². The van der Waals surface area contributed by atoms with E-state index >= 15 is 0 Å². The Hall–Kier alpha value is -4.81. The second-order valence-electron chi connectivity index (χ2n) is 12.5. The fourth-order valence-electron chi connectivity index (χ4n) is 6.11. The number of aromatic nitrogens is 1. The molecular formula is C35H36N4O7S. The Balaban J connectivity index is 1.48. The number of rotatable bonds is 7. The second kappa shape index (κ2) is 13.1. The number of benzene rings is 2. The molecule has 2 amide bonds. The normalized spacial score (nSPS) is 22.0. The van der Waals surface area contributed by atoms with Gasteiger partial charge in [0.05, 0.1) is 16.6 Å². The summed E-state index contributed by atoms with van der Waals surface area (Å²) in [6.45, 7) is 6.25. The molecule has 12 heteroatoms. The number of nitrogens with zero attached hydrogens (tertiary/aromatic N) is 1. The van der Waals surface area contributed by atoms with Crippen molar-refractivity contribution in [3.05, 3.63) is 123 Å². The van der Waals surface area contributed by atoms with Crippen LogP contribution in [0.25, 0.3) is 5.57 Å². The van der Waals surface area contributed by atoms with E-state index in [2.05, 4.69) is 15.6 Å². The number of pyridine rings is 1. The van der Waals surface area contributed by atoms with Gasteiger partial charge in [0.1, 0.15) is 22.7 Å². The van der Waals surface area contributed by atoms with Crippen LogP contribution in [0, 0.1) is 0 Å². The number of allylic oxidation sites excluding steroid dienone is 1. The van der Waals surface area contributed by atoms with Crippen LogP contribution in [0.2, 0.25) is 0 Å². The molecule has 1 aromatic heterocycles. The molecule has 0 radical (unpaired) electrons. The van der Waals surface area contributed by atoms with Gasteiger partial charge in [-0.25, -0.2) is 9.59 Å². The topological polar surface area (TPSA) is 147 Å². The van der Waals surface area contributed by atoms with Crippen molar-refractivity contribution in [3.63, 3.8) is 0 Å². The van der Waals surface area contributed by atoms with Crippen LogP contribution >= 0.6 is 0 Å². The van der Waals surface area contributed by atoms with Crippen LogP contribution in [0.15, 0.2) is 101 Å². The molecule has 0 saturated carbocycles. The highest BCUT2D eigenvalue weighted by Crippen LogP contribution is 2.42. The lowest BCUT2D eigenvalue weighted by molar-refractivity contribution is -0.153. The van der Waals surface area contributed by atoms with Crippen molar-refractivity contribution < 1.29 is 28.1 Å². The Morgan fingerprint density at radius 2 is 1.66 bits per heavy atom. The first kappa shape index (κ1) is 32.1. The predicted octanol–water partition coefficient (Wildman–Crippen LogP) is 3.53. The summed E-state index contributed by atoms with van der Waals surface area (Å²) in [6, 6.07) is 20.5. The number of carbonyl (C=O) groups excluding carboxylic acids is 3. The zero-order valence-electron chi connectivity index (χ0n) is 26.3. The Kier molecular flexibility index (Phi) is 8.98.